The molecule has 0 spiro atoms. The van der Waals surface area contributed by atoms with Gasteiger partial charge >= 0.3 is 18.1 Å². The Morgan fingerprint density at radius 3 is 2.54 bits per heavy atom. The lowest BCUT2D eigenvalue weighted by atomic mass is 10.2. The third-order valence-corrected chi connectivity index (χ3v) is 3.80. The van der Waals surface area contributed by atoms with Crippen LogP contribution >= 0.6 is 11.6 Å². The van der Waals surface area contributed by atoms with E-state index in [4.69, 9.17) is 16.1 Å². The van der Waals surface area contributed by atoms with E-state index in [1.54, 1.807) is 36.3 Å². The summed E-state index contributed by atoms with van der Waals surface area (Å²) in [5.41, 5.74) is 1.32. The molecule has 1 heterocycles. The highest BCUT2D eigenvalue weighted by Gasteiger charge is 2.37. The maximum absolute atomic E-state index is 12.7. The first-order valence-corrected chi connectivity index (χ1v) is 7.66. The molecule has 0 bridgehead atoms. The van der Waals surface area contributed by atoms with Crippen LogP contribution in [0.4, 0.5) is 0 Å². The Hall–Kier alpha value is -2.86. The molecule has 7 heteroatoms. The molecule has 122 valence electrons. The number of carbonyl (C=O) groups excluding carboxylic acids is 1. The Kier molecular flexibility index (Phi) is 4.48. The van der Waals surface area contributed by atoms with Crippen LogP contribution in [0.3, 0.4) is 0 Å². The molecule has 0 aliphatic rings. The van der Waals surface area contributed by atoms with E-state index in [2.05, 4.69) is 0 Å². The molecular weight excluding hydrogens is 330 g/mol. The summed E-state index contributed by atoms with van der Waals surface area (Å²) < 4.78 is 5.13. The van der Waals surface area contributed by atoms with Gasteiger partial charge in [-0.25, -0.2) is 4.79 Å². The minimum Gasteiger partial charge on any atom is -0.473 e. The fourth-order valence-electron chi connectivity index (χ4n) is 2.33. The third kappa shape index (κ3) is 3.23. The Bertz CT molecular complexity index is 865. The van der Waals surface area contributed by atoms with Crippen molar-refractivity contribution < 1.29 is 24.1 Å². The van der Waals surface area contributed by atoms with Crippen molar-refractivity contribution in [2.45, 2.75) is 6.54 Å². The summed E-state index contributed by atoms with van der Waals surface area (Å²) in [5.74, 6) is -0.865. The molecule has 1 N–H and O–H groups in total. The van der Waals surface area contributed by atoms with Crippen LogP contribution in [0.2, 0.25) is 5.02 Å². The van der Waals surface area contributed by atoms with Crippen LogP contribution in [-0.2, 0) is 6.54 Å². The molecule has 6 nitrogen and oxygen atoms in total. The van der Waals surface area contributed by atoms with Gasteiger partial charge in [0.2, 0.25) is 4.85 Å². The SMILES string of the molecule is CN(Cc1ccccc1)[n+]1cc(O)o[n+]1C(=O)c1ccccc1Cl. The zero-order chi connectivity index (χ0) is 17.1. The highest BCUT2D eigenvalue weighted by molar-refractivity contribution is 6.33. The molecule has 3 rings (SSSR count). The van der Waals surface area contributed by atoms with E-state index in [1.165, 1.54) is 11.0 Å². The van der Waals surface area contributed by atoms with Crippen LogP contribution in [0.5, 0.6) is 5.95 Å². The highest BCUT2D eigenvalue weighted by atomic mass is 35.5. The molecule has 0 fully saturated rings. The third-order valence-electron chi connectivity index (χ3n) is 3.47. The van der Waals surface area contributed by atoms with Gasteiger partial charge in [-0.2, -0.15) is 4.52 Å². The quantitative estimate of drug-likeness (QED) is 0.731. The van der Waals surface area contributed by atoms with Gasteiger partial charge in [0.15, 0.2) is 11.3 Å². The molecule has 0 saturated heterocycles. The first-order valence-electron chi connectivity index (χ1n) is 7.28. The van der Waals surface area contributed by atoms with E-state index in [-0.39, 0.29) is 11.5 Å². The molecule has 0 atom stereocenters. The largest absolute Gasteiger partial charge is 0.473 e. The smallest absolute Gasteiger partial charge is 0.449 e. The summed E-state index contributed by atoms with van der Waals surface area (Å²) >= 11 is 6.08. The van der Waals surface area contributed by atoms with Crippen LogP contribution in [0, 0.1) is 0 Å². The van der Waals surface area contributed by atoms with Gasteiger partial charge in [-0.1, -0.05) is 54.1 Å². The van der Waals surface area contributed by atoms with Crippen LogP contribution in [0.1, 0.15) is 15.9 Å². The number of benzene rings is 2. The van der Waals surface area contributed by atoms with Crippen LogP contribution in [0.25, 0.3) is 0 Å². The lowest BCUT2D eigenvalue weighted by Gasteiger charge is -2.03. The van der Waals surface area contributed by atoms with E-state index in [1.807, 2.05) is 30.3 Å². The van der Waals surface area contributed by atoms with E-state index in [0.29, 0.717) is 11.6 Å². The van der Waals surface area contributed by atoms with Gasteiger partial charge in [0, 0.05) is 0 Å². The second-order valence-corrected chi connectivity index (χ2v) is 5.65. The van der Waals surface area contributed by atoms with Crippen molar-refractivity contribution in [3.63, 3.8) is 0 Å². The summed E-state index contributed by atoms with van der Waals surface area (Å²) in [6.07, 6.45) is 1.32. The maximum atomic E-state index is 12.7. The number of aromatic hydroxyl groups is 1. The van der Waals surface area contributed by atoms with Crippen molar-refractivity contribution in [3.05, 3.63) is 76.9 Å². The van der Waals surface area contributed by atoms with Crippen molar-refractivity contribution >= 4 is 17.5 Å². The van der Waals surface area contributed by atoms with Gasteiger partial charge in [0.1, 0.15) is 7.05 Å². The standard InChI is InChI=1S/C17H15ClN3O3/c1-19(11-13-7-3-2-4-8-13)20-12-16(22)24-21(20)17(23)14-9-5-6-10-15(14)18/h2-10,12H,11H2,1H3/q+1/p+1. The van der Waals surface area contributed by atoms with Crippen LogP contribution in [0.15, 0.2) is 65.3 Å². The predicted molar refractivity (Wildman–Crippen MR) is 86.2 cm³/mol. The van der Waals surface area contributed by atoms with Crippen molar-refractivity contribution in [3.8, 4) is 5.95 Å². The molecule has 1 aromatic heterocycles. The monoisotopic (exact) mass is 345 g/mol. The zero-order valence-electron chi connectivity index (χ0n) is 13.0. The van der Waals surface area contributed by atoms with Crippen molar-refractivity contribution in [1.82, 2.24) is 0 Å². The fourth-order valence-corrected chi connectivity index (χ4v) is 2.55. The Morgan fingerprint density at radius 1 is 1.17 bits per heavy atom. The summed E-state index contributed by atoms with van der Waals surface area (Å²) in [5, 5.41) is 11.7. The van der Waals surface area contributed by atoms with Crippen molar-refractivity contribution in [2.24, 2.45) is 0 Å². The lowest BCUT2D eigenvalue weighted by Crippen LogP contribution is -2.76. The molecule has 0 aliphatic heterocycles. The molecule has 3 aromatic rings. The molecule has 24 heavy (non-hydrogen) atoms. The van der Waals surface area contributed by atoms with Crippen molar-refractivity contribution in [1.29, 1.82) is 0 Å². The first-order chi connectivity index (χ1) is 11.6. The lowest BCUT2D eigenvalue weighted by molar-refractivity contribution is -1.26. The van der Waals surface area contributed by atoms with Gasteiger partial charge in [0.25, 0.3) is 0 Å². The molecule has 0 aliphatic carbocycles. The Balaban J connectivity index is 1.93. The van der Waals surface area contributed by atoms with Gasteiger partial charge in [-0.15, -0.1) is 0 Å². The molecule has 0 saturated carbocycles. The average molecular weight is 346 g/mol. The summed E-state index contributed by atoms with van der Waals surface area (Å²) in [7, 11) is 1.78. The van der Waals surface area contributed by atoms with Crippen LogP contribution < -0.4 is 14.7 Å². The predicted octanol–water partition coefficient (Wildman–Crippen LogP) is 1.67. The minimum absolute atomic E-state index is 0.278. The fraction of sp³-hybridized carbons (Fsp3) is 0.118. The normalized spacial score (nSPS) is 10.6. The number of hydrogen-bond donors (Lipinski definition) is 1. The van der Waals surface area contributed by atoms with E-state index >= 15 is 0 Å². The Morgan fingerprint density at radius 2 is 1.83 bits per heavy atom. The summed E-state index contributed by atoms with van der Waals surface area (Å²) in [6.45, 7) is 0.514. The molecule has 0 unspecified atom stereocenters. The molecule has 0 amide bonds. The number of aromatic nitrogens is 2. The van der Waals surface area contributed by atoms with Crippen molar-refractivity contribution in [2.75, 3.05) is 12.1 Å². The van der Waals surface area contributed by atoms with Gasteiger partial charge in [-0.05, 0) is 22.7 Å². The number of carbonyl (C=O) groups is 1. The van der Waals surface area contributed by atoms with Gasteiger partial charge in [-0.3, -0.25) is 0 Å². The summed E-state index contributed by atoms with van der Waals surface area (Å²) in [6, 6.07) is 16.4. The first kappa shape index (κ1) is 16.0. The zero-order valence-corrected chi connectivity index (χ0v) is 13.7. The van der Waals surface area contributed by atoms with Crippen LogP contribution in [-0.4, -0.2) is 18.1 Å². The Labute approximate surface area is 143 Å². The minimum atomic E-state index is -0.485. The molecule has 2 aromatic carbocycles. The molecular formula is C17H16ClN3O3+2. The second kappa shape index (κ2) is 6.72. The number of nitrogens with zero attached hydrogens (tertiary/aromatic N) is 3. The van der Waals surface area contributed by atoms with Gasteiger partial charge in [0.05, 0.1) is 10.6 Å². The molecule has 0 radical (unpaired) electrons. The summed E-state index contributed by atoms with van der Waals surface area (Å²) in [4.78, 5) is 15.0. The number of rotatable bonds is 4. The van der Waals surface area contributed by atoms with E-state index < -0.39 is 5.91 Å². The topological polar surface area (TPSA) is 61.4 Å². The number of halogens is 1. The van der Waals surface area contributed by atoms with E-state index in [9.17, 15) is 9.90 Å². The second-order valence-electron chi connectivity index (χ2n) is 5.24. The van der Waals surface area contributed by atoms with E-state index in [0.717, 1.165) is 10.4 Å². The maximum Gasteiger partial charge on any atom is 0.449 e. The number of hydrogen-bond acceptors (Lipinski definition) is 4. The average Bonchev–Trinajstić information content (AvgIpc) is 2.98. The van der Waals surface area contributed by atoms with Gasteiger partial charge < -0.3 is 5.11 Å². The highest BCUT2D eigenvalue weighted by Crippen LogP contribution is 2.14.